The van der Waals surface area contributed by atoms with Crippen molar-refractivity contribution < 1.29 is 23.8 Å². The van der Waals surface area contributed by atoms with Crippen molar-refractivity contribution in [2.24, 2.45) is 0 Å². The van der Waals surface area contributed by atoms with Gasteiger partial charge in [0, 0.05) is 5.02 Å². The summed E-state index contributed by atoms with van der Waals surface area (Å²) < 4.78 is 9.99. The van der Waals surface area contributed by atoms with Gasteiger partial charge in [-0.2, -0.15) is 0 Å². The molecular formula is C15H14ClNO5. The summed E-state index contributed by atoms with van der Waals surface area (Å²) >= 11 is 5.74. The smallest absolute Gasteiger partial charge is 0.342 e. The van der Waals surface area contributed by atoms with Crippen LogP contribution in [0.5, 0.6) is 5.75 Å². The first-order chi connectivity index (χ1) is 10.5. The molecule has 1 heterocycles. The second-order valence-corrected chi connectivity index (χ2v) is 4.98. The van der Waals surface area contributed by atoms with E-state index >= 15 is 0 Å². The van der Waals surface area contributed by atoms with Gasteiger partial charge in [0.2, 0.25) is 0 Å². The Balaban J connectivity index is 1.88. The van der Waals surface area contributed by atoms with E-state index in [1.54, 1.807) is 19.1 Å². The van der Waals surface area contributed by atoms with Crippen LogP contribution in [0.3, 0.4) is 0 Å². The molecule has 1 amide bonds. The monoisotopic (exact) mass is 323 g/mol. The SMILES string of the molecule is C[C@@H](NC(=O)COC(=O)c1cc(Cl)ccc1O)c1ccco1. The second-order valence-electron chi connectivity index (χ2n) is 4.54. The maximum Gasteiger partial charge on any atom is 0.342 e. The molecule has 7 heteroatoms. The van der Waals surface area contributed by atoms with Gasteiger partial charge in [0.05, 0.1) is 12.3 Å². The average molecular weight is 324 g/mol. The van der Waals surface area contributed by atoms with E-state index in [2.05, 4.69) is 5.32 Å². The molecule has 1 atom stereocenters. The summed E-state index contributed by atoms with van der Waals surface area (Å²) in [5, 5.41) is 12.5. The summed E-state index contributed by atoms with van der Waals surface area (Å²) in [4.78, 5) is 23.5. The third-order valence-electron chi connectivity index (χ3n) is 2.86. The van der Waals surface area contributed by atoms with Crippen molar-refractivity contribution in [2.45, 2.75) is 13.0 Å². The predicted molar refractivity (Wildman–Crippen MR) is 78.7 cm³/mol. The molecule has 116 valence electrons. The Kier molecular flexibility index (Phi) is 5.06. The summed E-state index contributed by atoms with van der Waals surface area (Å²) in [6.07, 6.45) is 1.50. The van der Waals surface area contributed by atoms with E-state index in [4.69, 9.17) is 20.8 Å². The second kappa shape index (κ2) is 7.00. The number of carbonyl (C=O) groups is 2. The van der Waals surface area contributed by atoms with E-state index in [9.17, 15) is 14.7 Å². The average Bonchev–Trinajstić information content (AvgIpc) is 3.01. The molecule has 0 spiro atoms. The number of esters is 1. The lowest BCUT2D eigenvalue weighted by Crippen LogP contribution is -2.31. The summed E-state index contributed by atoms with van der Waals surface area (Å²) in [6.45, 7) is 1.26. The van der Waals surface area contributed by atoms with Crippen LogP contribution in [-0.4, -0.2) is 23.6 Å². The van der Waals surface area contributed by atoms with Gasteiger partial charge in [-0.25, -0.2) is 4.79 Å². The Morgan fingerprint density at radius 3 is 2.86 bits per heavy atom. The number of amides is 1. The van der Waals surface area contributed by atoms with Gasteiger partial charge >= 0.3 is 5.97 Å². The fourth-order valence-electron chi connectivity index (χ4n) is 1.77. The number of hydrogen-bond acceptors (Lipinski definition) is 5. The fourth-order valence-corrected chi connectivity index (χ4v) is 1.94. The van der Waals surface area contributed by atoms with E-state index in [0.717, 1.165) is 0 Å². The number of phenolic OH excluding ortho intramolecular Hbond substituents is 1. The number of nitrogens with one attached hydrogen (secondary N) is 1. The number of hydrogen-bond donors (Lipinski definition) is 2. The Morgan fingerprint density at radius 1 is 1.41 bits per heavy atom. The van der Waals surface area contributed by atoms with E-state index < -0.39 is 18.5 Å². The highest BCUT2D eigenvalue weighted by atomic mass is 35.5. The van der Waals surface area contributed by atoms with Crippen molar-refractivity contribution in [3.05, 3.63) is 52.9 Å². The van der Waals surface area contributed by atoms with Crippen LogP contribution < -0.4 is 5.32 Å². The van der Waals surface area contributed by atoms with E-state index in [0.29, 0.717) is 5.76 Å². The lowest BCUT2D eigenvalue weighted by Gasteiger charge is -2.12. The molecular weight excluding hydrogens is 310 g/mol. The molecule has 0 aliphatic heterocycles. The molecule has 0 unspecified atom stereocenters. The minimum absolute atomic E-state index is 0.0978. The van der Waals surface area contributed by atoms with Crippen LogP contribution in [-0.2, 0) is 9.53 Å². The first-order valence-electron chi connectivity index (χ1n) is 6.46. The summed E-state index contributed by atoms with van der Waals surface area (Å²) in [7, 11) is 0. The Morgan fingerprint density at radius 2 is 2.18 bits per heavy atom. The quantitative estimate of drug-likeness (QED) is 0.826. The number of ether oxygens (including phenoxy) is 1. The lowest BCUT2D eigenvalue weighted by molar-refractivity contribution is -0.125. The van der Waals surface area contributed by atoms with Gasteiger partial charge in [-0.3, -0.25) is 4.79 Å². The number of phenols is 1. The zero-order chi connectivity index (χ0) is 16.1. The van der Waals surface area contributed by atoms with Gasteiger partial charge in [0.25, 0.3) is 5.91 Å². The Bertz CT molecular complexity index is 669. The molecule has 0 saturated heterocycles. The van der Waals surface area contributed by atoms with Crippen LogP contribution in [0.25, 0.3) is 0 Å². The van der Waals surface area contributed by atoms with Crippen LogP contribution >= 0.6 is 11.6 Å². The Hall–Kier alpha value is -2.47. The molecule has 0 saturated carbocycles. The van der Waals surface area contributed by atoms with Crippen LogP contribution in [0.4, 0.5) is 0 Å². The van der Waals surface area contributed by atoms with Gasteiger partial charge in [0.15, 0.2) is 6.61 Å². The van der Waals surface area contributed by atoms with Crippen molar-refractivity contribution in [3.63, 3.8) is 0 Å². The van der Waals surface area contributed by atoms with Gasteiger partial charge in [-0.15, -0.1) is 0 Å². The first kappa shape index (κ1) is 15.9. The van der Waals surface area contributed by atoms with Crippen molar-refractivity contribution in [3.8, 4) is 5.75 Å². The Labute approximate surface area is 131 Å². The number of furan rings is 1. The molecule has 2 rings (SSSR count). The summed E-state index contributed by atoms with van der Waals surface area (Å²) in [6, 6.07) is 7.06. The van der Waals surface area contributed by atoms with E-state index in [1.165, 1.54) is 24.5 Å². The number of halogens is 1. The maximum atomic E-state index is 11.8. The van der Waals surface area contributed by atoms with Gasteiger partial charge < -0.3 is 19.6 Å². The van der Waals surface area contributed by atoms with Crippen molar-refractivity contribution in [2.75, 3.05) is 6.61 Å². The molecule has 0 fully saturated rings. The van der Waals surface area contributed by atoms with E-state index in [-0.39, 0.29) is 22.4 Å². The normalized spacial score (nSPS) is 11.7. The summed E-state index contributed by atoms with van der Waals surface area (Å²) in [5.41, 5.74) is -0.0978. The van der Waals surface area contributed by atoms with Crippen LogP contribution in [0.1, 0.15) is 29.1 Å². The fraction of sp³-hybridized carbons (Fsp3) is 0.200. The highest BCUT2D eigenvalue weighted by Crippen LogP contribution is 2.22. The molecule has 1 aromatic carbocycles. The standard InChI is InChI=1S/C15H14ClNO5/c1-9(13-3-2-6-21-13)17-14(19)8-22-15(20)11-7-10(16)4-5-12(11)18/h2-7,9,18H,8H2,1H3,(H,17,19)/t9-/m1/s1. The molecule has 0 bridgehead atoms. The molecule has 2 N–H and O–H groups in total. The number of aromatic hydroxyl groups is 1. The van der Waals surface area contributed by atoms with Gasteiger partial charge in [0.1, 0.15) is 17.1 Å². The molecule has 0 aliphatic carbocycles. The highest BCUT2D eigenvalue weighted by Gasteiger charge is 2.17. The lowest BCUT2D eigenvalue weighted by atomic mass is 10.2. The molecule has 0 aliphatic rings. The first-order valence-corrected chi connectivity index (χ1v) is 6.83. The van der Waals surface area contributed by atoms with Crippen molar-refractivity contribution in [1.29, 1.82) is 0 Å². The third kappa shape index (κ3) is 4.02. The predicted octanol–water partition coefficient (Wildman–Crippen LogP) is 2.67. The number of carbonyl (C=O) groups excluding carboxylic acids is 2. The van der Waals surface area contributed by atoms with Crippen molar-refractivity contribution in [1.82, 2.24) is 5.32 Å². The van der Waals surface area contributed by atoms with Crippen LogP contribution in [0.2, 0.25) is 5.02 Å². The minimum atomic E-state index is -0.833. The molecule has 2 aromatic rings. The topological polar surface area (TPSA) is 88.8 Å². The largest absolute Gasteiger partial charge is 0.507 e. The molecule has 0 radical (unpaired) electrons. The highest BCUT2D eigenvalue weighted by molar-refractivity contribution is 6.31. The minimum Gasteiger partial charge on any atom is -0.507 e. The zero-order valence-electron chi connectivity index (χ0n) is 11.7. The van der Waals surface area contributed by atoms with Crippen LogP contribution in [0, 0.1) is 0 Å². The zero-order valence-corrected chi connectivity index (χ0v) is 12.5. The van der Waals surface area contributed by atoms with Gasteiger partial charge in [-0.1, -0.05) is 11.6 Å². The number of rotatable bonds is 5. The molecule has 1 aromatic heterocycles. The van der Waals surface area contributed by atoms with Crippen molar-refractivity contribution >= 4 is 23.5 Å². The molecule has 6 nitrogen and oxygen atoms in total. The number of benzene rings is 1. The summed E-state index contributed by atoms with van der Waals surface area (Å²) in [5.74, 6) is -0.995. The third-order valence-corrected chi connectivity index (χ3v) is 3.10. The van der Waals surface area contributed by atoms with E-state index in [1.807, 2.05) is 0 Å². The van der Waals surface area contributed by atoms with Crippen LogP contribution in [0.15, 0.2) is 41.0 Å². The molecule has 22 heavy (non-hydrogen) atoms. The maximum absolute atomic E-state index is 11.8. The van der Waals surface area contributed by atoms with Gasteiger partial charge in [-0.05, 0) is 37.3 Å².